The van der Waals surface area contributed by atoms with E-state index in [1.807, 2.05) is 6.92 Å². The van der Waals surface area contributed by atoms with Crippen LogP contribution in [-0.2, 0) is 5.54 Å². The van der Waals surface area contributed by atoms with E-state index in [0.717, 1.165) is 44.1 Å². The summed E-state index contributed by atoms with van der Waals surface area (Å²) in [6.45, 7) is 3.54. The first-order chi connectivity index (χ1) is 15.9. The highest BCUT2D eigenvalue weighted by Crippen LogP contribution is 2.35. The number of carbonyl (C=O) groups is 2. The Bertz CT molecular complexity index is 1170. The molecule has 2 aromatic carbocycles. The fraction of sp³-hybridized carbons (Fsp3) is 0.360. The van der Waals surface area contributed by atoms with Crippen molar-refractivity contribution in [3.8, 4) is 0 Å². The molecule has 0 saturated heterocycles. The van der Waals surface area contributed by atoms with Crippen molar-refractivity contribution in [2.75, 3.05) is 5.32 Å². The van der Waals surface area contributed by atoms with Crippen LogP contribution in [0.25, 0.3) is 0 Å². The zero-order valence-electron chi connectivity index (χ0n) is 18.8. The third-order valence-electron chi connectivity index (χ3n) is 6.13. The quantitative estimate of drug-likeness (QED) is 0.530. The van der Waals surface area contributed by atoms with Gasteiger partial charge in [-0.2, -0.15) is 4.98 Å². The Hall–Kier alpha value is -3.55. The summed E-state index contributed by atoms with van der Waals surface area (Å²) in [5, 5.41) is 10.0. The molecular formula is C25H27FN4O3. The molecule has 3 aromatic rings. The van der Waals surface area contributed by atoms with Gasteiger partial charge in [-0.15, -0.1) is 0 Å². The number of rotatable bonds is 5. The highest BCUT2D eigenvalue weighted by Gasteiger charge is 2.39. The summed E-state index contributed by atoms with van der Waals surface area (Å²) >= 11 is 0. The molecule has 1 aliphatic rings. The molecule has 0 radical (unpaired) electrons. The number of halogens is 1. The molecule has 1 aromatic heterocycles. The number of hydrogen-bond acceptors (Lipinski definition) is 5. The molecule has 0 bridgehead atoms. The maximum Gasteiger partial charge on any atom is 0.258 e. The molecule has 2 N–H and O–H groups in total. The third kappa shape index (κ3) is 4.94. The van der Waals surface area contributed by atoms with Crippen LogP contribution in [0.2, 0.25) is 0 Å². The van der Waals surface area contributed by atoms with Gasteiger partial charge in [0.05, 0.1) is 5.56 Å². The average Bonchev–Trinajstić information content (AvgIpc) is 3.10. The minimum absolute atomic E-state index is 0.0587. The van der Waals surface area contributed by atoms with Gasteiger partial charge in [-0.25, -0.2) is 4.39 Å². The van der Waals surface area contributed by atoms with Crippen molar-refractivity contribution in [3.05, 3.63) is 76.7 Å². The van der Waals surface area contributed by atoms with Gasteiger partial charge in [0.15, 0.2) is 5.82 Å². The molecule has 172 valence electrons. The molecule has 4 rings (SSSR count). The molecule has 8 heteroatoms. The van der Waals surface area contributed by atoms with Crippen molar-refractivity contribution < 1.29 is 18.5 Å². The van der Waals surface area contributed by atoms with E-state index >= 15 is 0 Å². The summed E-state index contributed by atoms with van der Waals surface area (Å²) in [7, 11) is 0. The number of aryl methyl sites for hydroxylation is 2. The zero-order valence-corrected chi connectivity index (χ0v) is 18.8. The van der Waals surface area contributed by atoms with Crippen molar-refractivity contribution in [2.45, 2.75) is 57.9 Å². The van der Waals surface area contributed by atoms with Crippen LogP contribution >= 0.6 is 0 Å². The summed E-state index contributed by atoms with van der Waals surface area (Å²) < 4.78 is 19.2. The Balaban J connectivity index is 1.59. The minimum Gasteiger partial charge on any atom is -0.340 e. The molecule has 1 saturated carbocycles. The summed E-state index contributed by atoms with van der Waals surface area (Å²) in [6.07, 6.45) is 5.52. The van der Waals surface area contributed by atoms with Crippen LogP contribution in [0.15, 0.2) is 47.0 Å². The van der Waals surface area contributed by atoms with E-state index in [0.29, 0.717) is 23.0 Å². The van der Waals surface area contributed by atoms with Crippen LogP contribution in [0.5, 0.6) is 0 Å². The smallest absolute Gasteiger partial charge is 0.258 e. The van der Waals surface area contributed by atoms with Gasteiger partial charge < -0.3 is 15.2 Å². The Labute approximate surface area is 191 Å². The number of nitrogens with zero attached hydrogens (tertiary/aromatic N) is 2. The Morgan fingerprint density at radius 2 is 1.73 bits per heavy atom. The van der Waals surface area contributed by atoms with Crippen molar-refractivity contribution in [1.29, 1.82) is 0 Å². The molecule has 1 fully saturated rings. The lowest BCUT2D eigenvalue weighted by Crippen LogP contribution is -2.46. The van der Waals surface area contributed by atoms with Crippen molar-refractivity contribution in [2.24, 2.45) is 0 Å². The fourth-order valence-corrected chi connectivity index (χ4v) is 4.25. The predicted octanol–water partition coefficient (Wildman–Crippen LogP) is 5.06. The van der Waals surface area contributed by atoms with E-state index in [1.165, 1.54) is 18.2 Å². The second-order valence-electron chi connectivity index (χ2n) is 8.55. The Morgan fingerprint density at radius 1 is 1.00 bits per heavy atom. The van der Waals surface area contributed by atoms with E-state index in [1.54, 1.807) is 31.2 Å². The Morgan fingerprint density at radius 3 is 2.39 bits per heavy atom. The van der Waals surface area contributed by atoms with Gasteiger partial charge >= 0.3 is 0 Å². The van der Waals surface area contributed by atoms with Gasteiger partial charge in [0.25, 0.3) is 11.8 Å². The lowest BCUT2D eigenvalue weighted by atomic mass is 9.88. The lowest BCUT2D eigenvalue weighted by Gasteiger charge is -2.30. The van der Waals surface area contributed by atoms with Gasteiger partial charge in [-0.05, 0) is 49.6 Å². The number of hydrogen-bond donors (Lipinski definition) is 2. The van der Waals surface area contributed by atoms with E-state index in [4.69, 9.17) is 4.52 Å². The monoisotopic (exact) mass is 450 g/mol. The highest BCUT2D eigenvalue weighted by molar-refractivity contribution is 6.05. The number of nitrogens with one attached hydrogen (secondary N) is 2. The molecule has 1 aliphatic carbocycles. The fourth-order valence-electron chi connectivity index (χ4n) is 4.25. The van der Waals surface area contributed by atoms with Gasteiger partial charge in [0, 0.05) is 18.2 Å². The minimum atomic E-state index is -0.702. The second kappa shape index (κ2) is 9.52. The first-order valence-electron chi connectivity index (χ1n) is 11.2. The lowest BCUT2D eigenvalue weighted by molar-refractivity contribution is 0.0876. The number of amides is 2. The zero-order chi connectivity index (χ0) is 23.4. The summed E-state index contributed by atoms with van der Waals surface area (Å²) in [4.78, 5) is 30.3. The number of carbonyl (C=O) groups excluding carboxylic acids is 2. The van der Waals surface area contributed by atoms with Crippen molar-refractivity contribution in [3.63, 3.8) is 0 Å². The topological polar surface area (TPSA) is 97.1 Å². The maximum atomic E-state index is 14.0. The normalized spacial score (nSPS) is 15.5. The van der Waals surface area contributed by atoms with Gasteiger partial charge in [0.1, 0.15) is 11.4 Å². The van der Waals surface area contributed by atoms with E-state index < -0.39 is 17.3 Å². The number of anilines is 1. The van der Waals surface area contributed by atoms with Gasteiger partial charge in [-0.1, -0.05) is 49.0 Å². The Kier molecular flexibility index (Phi) is 6.53. The van der Waals surface area contributed by atoms with Crippen molar-refractivity contribution >= 4 is 17.5 Å². The van der Waals surface area contributed by atoms with Crippen LogP contribution in [0.1, 0.15) is 76.5 Å². The average molecular weight is 451 g/mol. The van der Waals surface area contributed by atoms with Crippen LogP contribution in [0, 0.1) is 19.7 Å². The van der Waals surface area contributed by atoms with Crippen LogP contribution < -0.4 is 10.6 Å². The molecule has 2 amide bonds. The van der Waals surface area contributed by atoms with Gasteiger partial charge in [-0.3, -0.25) is 9.59 Å². The molecule has 0 atom stereocenters. The molecule has 33 heavy (non-hydrogen) atoms. The maximum absolute atomic E-state index is 14.0. The van der Waals surface area contributed by atoms with Crippen LogP contribution in [-0.4, -0.2) is 22.0 Å². The predicted molar refractivity (Wildman–Crippen MR) is 121 cm³/mol. The first-order valence-corrected chi connectivity index (χ1v) is 11.2. The highest BCUT2D eigenvalue weighted by atomic mass is 19.1. The molecule has 7 nitrogen and oxygen atoms in total. The molecule has 0 unspecified atom stereocenters. The van der Waals surface area contributed by atoms with Crippen LogP contribution in [0.4, 0.5) is 10.1 Å². The molecule has 1 heterocycles. The summed E-state index contributed by atoms with van der Waals surface area (Å²) in [5.74, 6) is -0.518. The first kappa shape index (κ1) is 22.6. The number of benzene rings is 2. The van der Waals surface area contributed by atoms with E-state index in [-0.39, 0.29) is 11.5 Å². The van der Waals surface area contributed by atoms with Crippen molar-refractivity contribution in [1.82, 2.24) is 15.5 Å². The molecule has 0 spiro atoms. The largest absolute Gasteiger partial charge is 0.340 e. The molecular weight excluding hydrogens is 423 g/mol. The number of aromatic nitrogens is 2. The summed E-state index contributed by atoms with van der Waals surface area (Å²) in [6, 6.07) is 10.8. The van der Waals surface area contributed by atoms with Gasteiger partial charge in [0.2, 0.25) is 5.89 Å². The van der Waals surface area contributed by atoms with E-state index in [2.05, 4.69) is 20.8 Å². The summed E-state index contributed by atoms with van der Waals surface area (Å²) in [5.41, 5.74) is 0.827. The standard InChI is InChI=1S/C25H27FN4O3/c1-16-11-12-18(15-21(16)28-23(32)19-9-5-6-10-20(19)26)22(31)29-25(13-7-3-4-8-14-25)24-27-17(2)33-30-24/h5-6,9-12,15H,3-4,7-8,13-14H2,1-2H3,(H,28,32)(H,29,31). The third-order valence-corrected chi connectivity index (χ3v) is 6.13. The second-order valence-corrected chi connectivity index (χ2v) is 8.55. The van der Waals surface area contributed by atoms with E-state index in [9.17, 15) is 14.0 Å². The molecule has 0 aliphatic heterocycles. The van der Waals surface area contributed by atoms with Crippen LogP contribution in [0.3, 0.4) is 0 Å². The SMILES string of the molecule is Cc1nc(C2(NC(=O)c3ccc(C)c(NC(=O)c4ccccc4F)c3)CCCCCC2)no1.